The second-order valence-electron chi connectivity index (χ2n) is 10.0. The number of phenolic OH excluding ortho intramolecular Hbond substituents is 1. The van der Waals surface area contributed by atoms with Crippen molar-refractivity contribution in [3.8, 4) is 5.75 Å². The molecule has 4 rings (SSSR count). The van der Waals surface area contributed by atoms with Crippen LogP contribution < -0.4 is 5.32 Å². The molecule has 7 heteroatoms. The summed E-state index contributed by atoms with van der Waals surface area (Å²) in [6.07, 6.45) is 8.56. The summed E-state index contributed by atoms with van der Waals surface area (Å²) in [5.74, 6) is -1.66. The van der Waals surface area contributed by atoms with Crippen LogP contribution in [0.25, 0.3) is 0 Å². The van der Waals surface area contributed by atoms with Crippen molar-refractivity contribution in [2.75, 3.05) is 0 Å². The molecule has 1 spiro atoms. The van der Waals surface area contributed by atoms with Crippen LogP contribution in [0.4, 0.5) is 4.79 Å². The van der Waals surface area contributed by atoms with Gasteiger partial charge in [-0.25, -0.2) is 4.79 Å². The second kappa shape index (κ2) is 9.72. The molecular weight excluding hydrogens is 446 g/mol. The fraction of sp³-hybridized carbons (Fsp3) is 0.464. The van der Waals surface area contributed by atoms with E-state index < -0.39 is 23.6 Å². The predicted molar refractivity (Wildman–Crippen MR) is 130 cm³/mol. The van der Waals surface area contributed by atoms with Gasteiger partial charge in [0.05, 0.1) is 6.26 Å². The SMILES string of the molecule is CC1=CC2C=CCC(C)C(=O)C(C)C=COC(=O)OC23C(=O)NC(Cc2ccc(O)cc2)C3C1C. The second-order valence-corrected chi connectivity index (χ2v) is 10.0. The van der Waals surface area contributed by atoms with Crippen molar-refractivity contribution in [3.63, 3.8) is 0 Å². The Morgan fingerprint density at radius 2 is 1.80 bits per heavy atom. The molecule has 1 saturated heterocycles. The lowest BCUT2D eigenvalue weighted by atomic mass is 9.63. The van der Waals surface area contributed by atoms with Gasteiger partial charge in [-0.2, -0.15) is 0 Å². The highest BCUT2D eigenvalue weighted by Crippen LogP contribution is 2.50. The van der Waals surface area contributed by atoms with Gasteiger partial charge in [0.1, 0.15) is 11.5 Å². The number of nitrogens with one attached hydrogen (secondary N) is 1. The Morgan fingerprint density at radius 3 is 2.51 bits per heavy atom. The Morgan fingerprint density at radius 1 is 1.09 bits per heavy atom. The van der Waals surface area contributed by atoms with E-state index in [1.54, 1.807) is 19.1 Å². The van der Waals surface area contributed by atoms with Crippen molar-refractivity contribution in [1.29, 1.82) is 0 Å². The van der Waals surface area contributed by atoms with Crippen molar-refractivity contribution < 1.29 is 29.0 Å². The molecular formula is C28H33NO6. The number of aromatic hydroxyl groups is 1. The normalized spacial score (nSPS) is 35.3. The van der Waals surface area contributed by atoms with Crippen molar-refractivity contribution in [2.24, 2.45) is 29.6 Å². The first-order valence-electron chi connectivity index (χ1n) is 12.2. The van der Waals surface area contributed by atoms with Crippen LogP contribution in [0.3, 0.4) is 0 Å². The Balaban J connectivity index is 1.76. The molecule has 0 aromatic heterocycles. The van der Waals surface area contributed by atoms with Crippen LogP contribution in [-0.4, -0.2) is 34.6 Å². The summed E-state index contributed by atoms with van der Waals surface area (Å²) in [4.78, 5) is 39.1. The molecule has 0 bridgehead atoms. The molecule has 2 aliphatic heterocycles. The zero-order valence-electron chi connectivity index (χ0n) is 20.6. The van der Waals surface area contributed by atoms with Crippen LogP contribution in [0.1, 0.15) is 39.7 Å². The number of phenols is 1. The smallest absolute Gasteiger partial charge is 0.508 e. The number of ketones is 1. The molecule has 186 valence electrons. The number of hydrogen-bond donors (Lipinski definition) is 2. The molecule has 1 aliphatic carbocycles. The number of allylic oxidation sites excluding steroid dienone is 3. The summed E-state index contributed by atoms with van der Waals surface area (Å²) in [5.41, 5.74) is 0.578. The average molecular weight is 480 g/mol. The quantitative estimate of drug-likeness (QED) is 0.479. The van der Waals surface area contributed by atoms with Gasteiger partial charge in [-0.15, -0.1) is 0 Å². The van der Waals surface area contributed by atoms with E-state index in [4.69, 9.17) is 9.47 Å². The molecule has 0 saturated carbocycles. The summed E-state index contributed by atoms with van der Waals surface area (Å²) >= 11 is 0. The first-order chi connectivity index (χ1) is 16.6. The van der Waals surface area contributed by atoms with Gasteiger partial charge >= 0.3 is 6.16 Å². The van der Waals surface area contributed by atoms with Crippen LogP contribution in [0.5, 0.6) is 5.75 Å². The lowest BCUT2D eigenvalue weighted by Crippen LogP contribution is -2.56. The Hall–Kier alpha value is -3.35. The molecule has 7 atom stereocenters. The Kier molecular flexibility index (Phi) is 6.88. The Labute approximate surface area is 205 Å². The van der Waals surface area contributed by atoms with Crippen LogP contribution in [0.2, 0.25) is 0 Å². The number of ether oxygens (including phenoxy) is 2. The molecule has 7 nitrogen and oxygen atoms in total. The number of benzene rings is 1. The van der Waals surface area contributed by atoms with Gasteiger partial charge in [0.2, 0.25) is 5.60 Å². The molecule has 0 radical (unpaired) electrons. The van der Waals surface area contributed by atoms with E-state index in [-0.39, 0.29) is 41.2 Å². The molecule has 1 aromatic carbocycles. The van der Waals surface area contributed by atoms with Crippen LogP contribution >= 0.6 is 0 Å². The van der Waals surface area contributed by atoms with E-state index in [1.807, 2.05) is 51.1 Å². The minimum atomic E-state index is -1.48. The standard InChI is InChI=1S/C28H33NO6/c1-16-6-5-7-21-14-18(3)19(4)24-23(15-20-8-10-22(30)11-9-20)29-26(32)28(21,24)35-27(33)34-13-12-17(2)25(16)31/h5,7-14,16-17,19,21,23-24,30H,6,15H2,1-4H3,(H,29,32). The number of rotatable bonds is 2. The highest BCUT2D eigenvalue weighted by molar-refractivity contribution is 5.92. The van der Waals surface area contributed by atoms with Crippen LogP contribution in [-0.2, 0) is 25.5 Å². The number of cyclic esters (lactones) is 1. The molecule has 1 aromatic rings. The highest BCUT2D eigenvalue weighted by atomic mass is 16.7. The van der Waals surface area contributed by atoms with E-state index in [2.05, 4.69) is 5.32 Å². The van der Waals surface area contributed by atoms with E-state index in [1.165, 1.54) is 12.3 Å². The third kappa shape index (κ3) is 4.64. The van der Waals surface area contributed by atoms with Gasteiger partial charge in [0, 0.05) is 29.7 Å². The van der Waals surface area contributed by atoms with Crippen molar-refractivity contribution in [1.82, 2.24) is 5.32 Å². The topological polar surface area (TPSA) is 102 Å². The van der Waals surface area contributed by atoms with Crippen LogP contribution in [0, 0.1) is 29.6 Å². The molecule has 2 N–H and O–H groups in total. The lowest BCUT2D eigenvalue weighted by Gasteiger charge is -2.44. The number of carbonyl (C=O) groups excluding carboxylic acids is 3. The van der Waals surface area contributed by atoms with Crippen LogP contribution in [0.15, 0.2) is 60.4 Å². The molecule has 1 fully saturated rings. The third-order valence-electron chi connectivity index (χ3n) is 7.74. The highest BCUT2D eigenvalue weighted by Gasteiger charge is 2.64. The van der Waals surface area contributed by atoms with E-state index in [9.17, 15) is 19.5 Å². The minimum Gasteiger partial charge on any atom is -0.508 e. The summed E-state index contributed by atoms with van der Waals surface area (Å²) in [5, 5.41) is 12.7. The number of carbonyl (C=O) groups is 3. The zero-order valence-corrected chi connectivity index (χ0v) is 20.6. The maximum Gasteiger partial charge on any atom is 0.514 e. The monoisotopic (exact) mass is 479 g/mol. The average Bonchev–Trinajstić information content (AvgIpc) is 3.09. The first-order valence-corrected chi connectivity index (χ1v) is 12.2. The number of hydrogen-bond acceptors (Lipinski definition) is 6. The third-order valence-corrected chi connectivity index (χ3v) is 7.74. The van der Waals surface area contributed by atoms with Gasteiger partial charge in [0.25, 0.3) is 5.91 Å². The molecule has 1 amide bonds. The fourth-order valence-corrected chi connectivity index (χ4v) is 5.67. The van der Waals surface area contributed by atoms with Crippen molar-refractivity contribution in [3.05, 3.63) is 66.0 Å². The largest absolute Gasteiger partial charge is 0.514 e. The summed E-state index contributed by atoms with van der Waals surface area (Å²) in [7, 11) is 0. The van der Waals surface area contributed by atoms with E-state index in [0.717, 1.165) is 11.1 Å². The van der Waals surface area contributed by atoms with E-state index in [0.29, 0.717) is 12.8 Å². The van der Waals surface area contributed by atoms with Crippen molar-refractivity contribution >= 4 is 17.8 Å². The molecule has 7 unspecified atom stereocenters. The summed E-state index contributed by atoms with van der Waals surface area (Å²) in [6, 6.07) is 6.59. The minimum absolute atomic E-state index is 0.0414. The molecule has 2 heterocycles. The zero-order chi connectivity index (χ0) is 25.3. The predicted octanol–water partition coefficient (Wildman–Crippen LogP) is 4.47. The molecule has 35 heavy (non-hydrogen) atoms. The first kappa shape index (κ1) is 24.8. The Bertz CT molecular complexity index is 1090. The number of Topliss-reactive ketones (excluding diaryl/α,β-unsaturated/α-hetero) is 1. The maximum absolute atomic E-state index is 13.7. The van der Waals surface area contributed by atoms with Gasteiger partial charge in [0.15, 0.2) is 0 Å². The summed E-state index contributed by atoms with van der Waals surface area (Å²) in [6.45, 7) is 7.70. The van der Waals surface area contributed by atoms with Gasteiger partial charge in [-0.05, 0) is 49.5 Å². The van der Waals surface area contributed by atoms with Gasteiger partial charge in [-0.1, -0.05) is 56.7 Å². The lowest BCUT2D eigenvalue weighted by molar-refractivity contribution is -0.147. The van der Waals surface area contributed by atoms with Gasteiger partial charge < -0.3 is 19.9 Å². The summed E-state index contributed by atoms with van der Waals surface area (Å²) < 4.78 is 11.1. The van der Waals surface area contributed by atoms with Gasteiger partial charge in [-0.3, -0.25) is 9.59 Å². The molecule has 3 aliphatic rings. The maximum atomic E-state index is 13.7. The van der Waals surface area contributed by atoms with Crippen molar-refractivity contribution in [2.45, 2.75) is 52.2 Å². The van der Waals surface area contributed by atoms with E-state index >= 15 is 0 Å². The fourth-order valence-electron chi connectivity index (χ4n) is 5.67. The number of amides is 1.